The Balaban J connectivity index is 1.55. The van der Waals surface area contributed by atoms with Gasteiger partial charge < -0.3 is 14.8 Å². The molecule has 0 aliphatic carbocycles. The SMILES string of the molecule is O=C(COc1ccccc1)NCC(c1cccnc1)N1CCOCC1. The van der Waals surface area contributed by atoms with E-state index in [0.717, 1.165) is 18.7 Å². The highest BCUT2D eigenvalue weighted by molar-refractivity contribution is 5.77. The Kier molecular flexibility index (Phi) is 6.36. The maximum Gasteiger partial charge on any atom is 0.258 e. The van der Waals surface area contributed by atoms with Crippen molar-refractivity contribution in [3.8, 4) is 5.75 Å². The van der Waals surface area contributed by atoms with Crippen LogP contribution >= 0.6 is 0 Å². The normalized spacial score (nSPS) is 16.2. The van der Waals surface area contributed by atoms with Gasteiger partial charge in [-0.2, -0.15) is 0 Å². The second kappa shape index (κ2) is 9.15. The second-order valence-corrected chi connectivity index (χ2v) is 5.86. The first-order valence-corrected chi connectivity index (χ1v) is 8.49. The van der Waals surface area contributed by atoms with Gasteiger partial charge in [0.05, 0.1) is 19.3 Å². The third kappa shape index (κ3) is 5.27. The molecule has 2 aromatic rings. The van der Waals surface area contributed by atoms with Gasteiger partial charge in [-0.25, -0.2) is 0 Å². The molecule has 3 rings (SSSR count). The Morgan fingerprint density at radius 1 is 1.20 bits per heavy atom. The second-order valence-electron chi connectivity index (χ2n) is 5.86. The molecule has 25 heavy (non-hydrogen) atoms. The standard InChI is InChI=1S/C19H23N3O3/c23-19(15-25-17-6-2-1-3-7-17)21-14-18(16-5-4-8-20-13-16)22-9-11-24-12-10-22/h1-8,13,18H,9-12,14-15H2,(H,21,23). The molecule has 1 fully saturated rings. The number of morpholine rings is 1. The van der Waals surface area contributed by atoms with Crippen molar-refractivity contribution in [2.75, 3.05) is 39.5 Å². The summed E-state index contributed by atoms with van der Waals surface area (Å²) in [5.41, 5.74) is 1.09. The smallest absolute Gasteiger partial charge is 0.258 e. The van der Waals surface area contributed by atoms with Crippen molar-refractivity contribution >= 4 is 5.91 Å². The highest BCUT2D eigenvalue weighted by Gasteiger charge is 2.23. The van der Waals surface area contributed by atoms with Crippen LogP contribution in [0.3, 0.4) is 0 Å². The van der Waals surface area contributed by atoms with Gasteiger partial charge in [-0.3, -0.25) is 14.7 Å². The molecular formula is C19H23N3O3. The molecule has 6 nitrogen and oxygen atoms in total. The molecule has 132 valence electrons. The molecule has 1 aromatic heterocycles. The third-order valence-electron chi connectivity index (χ3n) is 4.16. The zero-order chi connectivity index (χ0) is 17.3. The van der Waals surface area contributed by atoms with Gasteiger partial charge in [-0.05, 0) is 23.8 Å². The van der Waals surface area contributed by atoms with Gasteiger partial charge in [0, 0.05) is 32.0 Å². The summed E-state index contributed by atoms with van der Waals surface area (Å²) >= 11 is 0. The number of pyridine rings is 1. The number of carbonyl (C=O) groups is 1. The van der Waals surface area contributed by atoms with Gasteiger partial charge >= 0.3 is 0 Å². The zero-order valence-corrected chi connectivity index (χ0v) is 14.1. The van der Waals surface area contributed by atoms with Crippen LogP contribution in [0.5, 0.6) is 5.75 Å². The van der Waals surface area contributed by atoms with E-state index in [1.54, 1.807) is 6.20 Å². The number of aromatic nitrogens is 1. The predicted molar refractivity (Wildman–Crippen MR) is 94.3 cm³/mol. The van der Waals surface area contributed by atoms with Gasteiger partial charge in [-0.15, -0.1) is 0 Å². The zero-order valence-electron chi connectivity index (χ0n) is 14.1. The third-order valence-corrected chi connectivity index (χ3v) is 4.16. The lowest BCUT2D eigenvalue weighted by Crippen LogP contribution is -2.44. The number of amides is 1. The van der Waals surface area contributed by atoms with Crippen LogP contribution in [-0.4, -0.2) is 55.2 Å². The summed E-state index contributed by atoms with van der Waals surface area (Å²) in [5, 5.41) is 2.97. The number of hydrogen-bond acceptors (Lipinski definition) is 5. The number of carbonyl (C=O) groups excluding carboxylic acids is 1. The molecule has 0 saturated carbocycles. The Morgan fingerprint density at radius 2 is 2.00 bits per heavy atom. The van der Waals surface area contributed by atoms with E-state index in [1.807, 2.05) is 48.7 Å². The van der Waals surface area contributed by atoms with Gasteiger partial charge in [0.2, 0.25) is 0 Å². The highest BCUT2D eigenvalue weighted by Crippen LogP contribution is 2.20. The van der Waals surface area contributed by atoms with E-state index in [4.69, 9.17) is 9.47 Å². The van der Waals surface area contributed by atoms with E-state index in [9.17, 15) is 4.79 Å². The quantitative estimate of drug-likeness (QED) is 0.830. The minimum absolute atomic E-state index is 0.00683. The molecule has 0 radical (unpaired) electrons. The number of benzene rings is 1. The molecule has 1 amide bonds. The summed E-state index contributed by atoms with van der Waals surface area (Å²) in [6.07, 6.45) is 3.61. The first-order valence-electron chi connectivity index (χ1n) is 8.49. The minimum Gasteiger partial charge on any atom is -0.484 e. The lowest BCUT2D eigenvalue weighted by Gasteiger charge is -2.34. The Morgan fingerprint density at radius 3 is 2.72 bits per heavy atom. The van der Waals surface area contributed by atoms with Crippen LogP contribution in [0.1, 0.15) is 11.6 Å². The summed E-state index contributed by atoms with van der Waals surface area (Å²) < 4.78 is 10.9. The van der Waals surface area contributed by atoms with E-state index >= 15 is 0 Å². The van der Waals surface area contributed by atoms with Crippen molar-refractivity contribution in [3.05, 3.63) is 60.4 Å². The lowest BCUT2D eigenvalue weighted by atomic mass is 10.1. The van der Waals surface area contributed by atoms with Gasteiger partial charge in [0.15, 0.2) is 6.61 Å². The van der Waals surface area contributed by atoms with Crippen molar-refractivity contribution in [1.29, 1.82) is 0 Å². The van der Waals surface area contributed by atoms with Gasteiger partial charge in [-0.1, -0.05) is 24.3 Å². The molecule has 2 heterocycles. The van der Waals surface area contributed by atoms with Crippen LogP contribution in [0.4, 0.5) is 0 Å². The van der Waals surface area contributed by atoms with Crippen molar-refractivity contribution < 1.29 is 14.3 Å². The Labute approximate surface area is 147 Å². The molecule has 1 N–H and O–H groups in total. The number of ether oxygens (including phenoxy) is 2. The van der Waals surface area contributed by atoms with Crippen molar-refractivity contribution in [1.82, 2.24) is 15.2 Å². The molecule has 1 aromatic carbocycles. The summed E-state index contributed by atoms with van der Waals surface area (Å²) in [5.74, 6) is 0.556. The molecular weight excluding hydrogens is 318 g/mol. The van der Waals surface area contributed by atoms with Gasteiger partial charge in [0.1, 0.15) is 5.75 Å². The van der Waals surface area contributed by atoms with Crippen LogP contribution in [0.2, 0.25) is 0 Å². The minimum atomic E-state index is -0.133. The van der Waals surface area contributed by atoms with Crippen molar-refractivity contribution in [2.24, 2.45) is 0 Å². The summed E-state index contributed by atoms with van der Waals surface area (Å²) in [6, 6.07) is 13.4. The first-order chi connectivity index (χ1) is 12.3. The predicted octanol–water partition coefficient (Wildman–Crippen LogP) is 1.65. The molecule has 1 saturated heterocycles. The fraction of sp³-hybridized carbons (Fsp3) is 0.368. The van der Waals surface area contributed by atoms with Crippen molar-refractivity contribution in [3.63, 3.8) is 0 Å². The molecule has 0 bridgehead atoms. The van der Waals surface area contributed by atoms with E-state index in [2.05, 4.69) is 15.2 Å². The van der Waals surface area contributed by atoms with E-state index in [1.165, 1.54) is 0 Å². The highest BCUT2D eigenvalue weighted by atomic mass is 16.5. The molecule has 1 unspecified atom stereocenters. The molecule has 0 spiro atoms. The van der Waals surface area contributed by atoms with Crippen LogP contribution < -0.4 is 10.1 Å². The average molecular weight is 341 g/mol. The lowest BCUT2D eigenvalue weighted by molar-refractivity contribution is -0.123. The molecule has 6 heteroatoms. The fourth-order valence-corrected chi connectivity index (χ4v) is 2.85. The largest absolute Gasteiger partial charge is 0.484 e. The van der Waals surface area contributed by atoms with Crippen LogP contribution in [0, 0.1) is 0 Å². The molecule has 1 atom stereocenters. The van der Waals surface area contributed by atoms with E-state index in [-0.39, 0.29) is 18.6 Å². The van der Waals surface area contributed by atoms with Crippen LogP contribution in [-0.2, 0) is 9.53 Å². The van der Waals surface area contributed by atoms with Crippen molar-refractivity contribution in [2.45, 2.75) is 6.04 Å². The number of rotatable bonds is 7. The number of para-hydroxylation sites is 1. The van der Waals surface area contributed by atoms with E-state index < -0.39 is 0 Å². The maximum absolute atomic E-state index is 12.1. The molecule has 1 aliphatic heterocycles. The summed E-state index contributed by atoms with van der Waals surface area (Å²) in [6.45, 7) is 3.63. The Bertz CT molecular complexity index is 645. The van der Waals surface area contributed by atoms with Crippen LogP contribution in [0.15, 0.2) is 54.9 Å². The number of hydrogen-bond donors (Lipinski definition) is 1. The van der Waals surface area contributed by atoms with Crippen LogP contribution in [0.25, 0.3) is 0 Å². The number of nitrogens with one attached hydrogen (secondary N) is 1. The summed E-state index contributed by atoms with van der Waals surface area (Å²) in [7, 11) is 0. The summed E-state index contributed by atoms with van der Waals surface area (Å²) in [4.78, 5) is 18.7. The average Bonchev–Trinajstić information content (AvgIpc) is 2.69. The topological polar surface area (TPSA) is 63.7 Å². The van der Waals surface area contributed by atoms with Gasteiger partial charge in [0.25, 0.3) is 5.91 Å². The fourth-order valence-electron chi connectivity index (χ4n) is 2.85. The number of nitrogens with zero attached hydrogens (tertiary/aromatic N) is 2. The Hall–Kier alpha value is -2.44. The molecule has 1 aliphatic rings. The van der Waals surface area contributed by atoms with E-state index in [0.29, 0.717) is 25.5 Å². The monoisotopic (exact) mass is 341 g/mol. The first kappa shape index (κ1) is 17.4. The maximum atomic E-state index is 12.1.